The molecule has 1 aromatic rings. The second-order valence-electron chi connectivity index (χ2n) is 11.9. The van der Waals surface area contributed by atoms with E-state index < -0.39 is 4.92 Å². The van der Waals surface area contributed by atoms with Gasteiger partial charge in [0.05, 0.1) is 130 Å². The molecular weight excluding hydrogens is 678 g/mol. The van der Waals surface area contributed by atoms with Gasteiger partial charge in [-0.25, -0.2) is 0 Å². The van der Waals surface area contributed by atoms with Gasteiger partial charge >= 0.3 is 0 Å². The Hall–Kier alpha value is -1.98. The Bertz CT molecular complexity index is 866. The van der Waals surface area contributed by atoms with E-state index in [0.29, 0.717) is 138 Å². The summed E-state index contributed by atoms with van der Waals surface area (Å²) in [6.45, 7) is 13.1. The molecule has 1 aromatic carbocycles. The number of ether oxygens (including phenoxy) is 11. The van der Waals surface area contributed by atoms with Gasteiger partial charge in [0.2, 0.25) is 0 Å². The highest BCUT2D eigenvalue weighted by Crippen LogP contribution is 2.17. The molecule has 0 unspecified atom stereocenters. The Balaban J connectivity index is 1.63. The molecule has 0 aliphatic heterocycles. The number of nitrogens with zero attached hydrogens (tertiary/aromatic N) is 1. The number of nitro benzene ring substituents is 1. The van der Waals surface area contributed by atoms with E-state index in [1.807, 2.05) is 0 Å². The van der Waals surface area contributed by atoms with Crippen molar-refractivity contribution in [3.8, 4) is 5.75 Å². The van der Waals surface area contributed by atoms with Crippen LogP contribution in [0.1, 0.15) is 71.1 Å². The van der Waals surface area contributed by atoms with E-state index in [1.165, 1.54) is 69.9 Å². The van der Waals surface area contributed by atoms with E-state index in [4.69, 9.17) is 52.1 Å². The van der Waals surface area contributed by atoms with Gasteiger partial charge < -0.3 is 52.1 Å². The highest BCUT2D eigenvalue weighted by molar-refractivity contribution is 5.35. The molecule has 0 aliphatic carbocycles. The summed E-state index contributed by atoms with van der Waals surface area (Å²) in [7, 11) is 0. The molecule has 0 atom stereocenters. The zero-order valence-corrected chi connectivity index (χ0v) is 32.0. The van der Waals surface area contributed by atoms with Gasteiger partial charge in [-0.2, -0.15) is 0 Å². The molecule has 52 heavy (non-hydrogen) atoms. The third-order valence-electron chi connectivity index (χ3n) is 7.53. The van der Waals surface area contributed by atoms with Crippen LogP contribution in [0, 0.1) is 10.1 Å². The second kappa shape index (κ2) is 40.2. The lowest BCUT2D eigenvalue weighted by Crippen LogP contribution is -2.15. The molecule has 0 fully saturated rings. The largest absolute Gasteiger partial charge is 0.491 e. The first-order valence-electron chi connectivity index (χ1n) is 19.4. The smallest absolute Gasteiger partial charge is 0.269 e. The van der Waals surface area contributed by atoms with Crippen LogP contribution in [0.3, 0.4) is 0 Å². The average Bonchev–Trinajstić information content (AvgIpc) is 3.15. The topological polar surface area (TPSA) is 145 Å². The lowest BCUT2D eigenvalue weighted by atomic mass is 10.1. The number of nitro groups is 1. The lowest BCUT2D eigenvalue weighted by molar-refractivity contribution is -0.384. The van der Waals surface area contributed by atoms with Crippen LogP contribution in [-0.2, 0) is 47.4 Å². The Morgan fingerprint density at radius 3 is 0.962 bits per heavy atom. The third kappa shape index (κ3) is 35.1. The molecule has 0 aliphatic rings. The Morgan fingerprint density at radius 1 is 0.385 bits per heavy atom. The summed E-state index contributed by atoms with van der Waals surface area (Å²) in [4.78, 5) is 10.2. The Labute approximate surface area is 312 Å². The minimum Gasteiger partial charge on any atom is -0.491 e. The zero-order chi connectivity index (χ0) is 37.3. The maximum atomic E-state index is 10.6. The SMILES string of the molecule is CCCCCCCCCCCCOCCOCCOCCOCCOCCOCCOCCOCCOCCOCCOc1ccc([N+](=O)[O-])cc1. The van der Waals surface area contributed by atoms with Gasteiger partial charge in [0.25, 0.3) is 5.69 Å². The first-order valence-corrected chi connectivity index (χ1v) is 19.4. The van der Waals surface area contributed by atoms with Gasteiger partial charge in [0.15, 0.2) is 0 Å². The minimum absolute atomic E-state index is 0.0280. The third-order valence-corrected chi connectivity index (χ3v) is 7.53. The van der Waals surface area contributed by atoms with Gasteiger partial charge in [-0.15, -0.1) is 0 Å². The fourth-order valence-corrected chi connectivity index (χ4v) is 4.66. The molecule has 0 bridgehead atoms. The summed E-state index contributed by atoms with van der Waals surface area (Å²) in [6, 6.07) is 5.92. The van der Waals surface area contributed by atoms with Gasteiger partial charge in [-0.3, -0.25) is 10.1 Å². The maximum absolute atomic E-state index is 10.6. The number of non-ortho nitro benzene ring substituents is 1. The fourth-order valence-electron chi connectivity index (χ4n) is 4.66. The highest BCUT2D eigenvalue weighted by atomic mass is 16.6. The standard InChI is InChI=1S/C38H69NO13/c1-2-3-4-5-6-7-8-9-10-11-16-42-17-18-43-19-20-44-21-22-45-23-24-46-25-26-47-27-28-48-29-30-49-31-32-50-33-34-51-35-36-52-38-14-12-37(13-15-38)39(40)41/h12-15H,2-11,16-36H2,1H3. The number of hydrogen-bond acceptors (Lipinski definition) is 13. The highest BCUT2D eigenvalue weighted by Gasteiger charge is 2.04. The molecule has 14 nitrogen and oxygen atoms in total. The predicted molar refractivity (Wildman–Crippen MR) is 199 cm³/mol. The van der Waals surface area contributed by atoms with Crippen LogP contribution < -0.4 is 4.74 Å². The molecule has 0 aromatic heterocycles. The predicted octanol–water partition coefficient (Wildman–Crippen LogP) is 6.06. The van der Waals surface area contributed by atoms with E-state index in [0.717, 1.165) is 13.0 Å². The monoisotopic (exact) mass is 747 g/mol. The van der Waals surface area contributed by atoms with E-state index in [9.17, 15) is 10.1 Å². The fraction of sp³-hybridized carbons (Fsp3) is 0.842. The first kappa shape index (κ1) is 48.0. The van der Waals surface area contributed by atoms with Crippen molar-refractivity contribution in [3.05, 3.63) is 34.4 Å². The average molecular weight is 748 g/mol. The van der Waals surface area contributed by atoms with Crippen LogP contribution in [0.2, 0.25) is 0 Å². The maximum Gasteiger partial charge on any atom is 0.269 e. The number of rotatable bonds is 43. The molecule has 0 saturated carbocycles. The molecule has 304 valence electrons. The van der Waals surface area contributed by atoms with E-state index in [2.05, 4.69) is 6.92 Å². The van der Waals surface area contributed by atoms with Crippen molar-refractivity contribution in [1.29, 1.82) is 0 Å². The number of hydrogen-bond donors (Lipinski definition) is 0. The quantitative estimate of drug-likeness (QED) is 0.0434. The van der Waals surface area contributed by atoms with Gasteiger partial charge in [-0.1, -0.05) is 64.7 Å². The lowest BCUT2D eigenvalue weighted by Gasteiger charge is -2.09. The van der Waals surface area contributed by atoms with Crippen LogP contribution >= 0.6 is 0 Å². The number of benzene rings is 1. The van der Waals surface area contributed by atoms with Crippen LogP contribution in [0.15, 0.2) is 24.3 Å². The van der Waals surface area contributed by atoms with E-state index in [-0.39, 0.29) is 5.69 Å². The summed E-state index contributed by atoms with van der Waals surface area (Å²) < 4.78 is 60.5. The van der Waals surface area contributed by atoms with E-state index >= 15 is 0 Å². The molecule has 0 heterocycles. The second-order valence-corrected chi connectivity index (χ2v) is 11.9. The molecular formula is C38H69NO13. The van der Waals surface area contributed by atoms with E-state index in [1.54, 1.807) is 12.1 Å². The van der Waals surface area contributed by atoms with Gasteiger partial charge in [0, 0.05) is 18.7 Å². The summed E-state index contributed by atoms with van der Waals surface area (Å²) >= 11 is 0. The van der Waals surface area contributed by atoms with Crippen molar-refractivity contribution in [2.24, 2.45) is 0 Å². The summed E-state index contributed by atoms with van der Waals surface area (Å²) in [6.07, 6.45) is 13.4. The van der Waals surface area contributed by atoms with Crippen LogP contribution in [-0.4, -0.2) is 144 Å². The summed E-state index contributed by atoms with van der Waals surface area (Å²) in [5, 5.41) is 10.6. The Morgan fingerprint density at radius 2 is 0.654 bits per heavy atom. The normalized spacial score (nSPS) is 11.4. The molecule has 0 radical (unpaired) electrons. The molecule has 0 spiro atoms. The number of unbranched alkanes of at least 4 members (excludes halogenated alkanes) is 9. The van der Waals surface area contributed by atoms with Crippen molar-refractivity contribution in [2.45, 2.75) is 71.1 Å². The van der Waals surface area contributed by atoms with Crippen molar-refractivity contribution < 1.29 is 57.0 Å². The molecule has 0 saturated heterocycles. The van der Waals surface area contributed by atoms with Crippen molar-refractivity contribution in [3.63, 3.8) is 0 Å². The first-order chi connectivity index (χ1) is 25.7. The Kier molecular flexibility index (Phi) is 37.1. The van der Waals surface area contributed by atoms with Gasteiger partial charge in [0.1, 0.15) is 12.4 Å². The molecule has 14 heteroatoms. The van der Waals surface area contributed by atoms with Crippen LogP contribution in [0.25, 0.3) is 0 Å². The van der Waals surface area contributed by atoms with Gasteiger partial charge in [-0.05, 0) is 18.6 Å². The molecule has 1 rings (SSSR count). The van der Waals surface area contributed by atoms with Crippen LogP contribution in [0.5, 0.6) is 5.75 Å². The summed E-state index contributed by atoms with van der Waals surface area (Å²) in [5.41, 5.74) is 0.0280. The van der Waals surface area contributed by atoms with Crippen molar-refractivity contribution in [1.82, 2.24) is 0 Å². The van der Waals surface area contributed by atoms with Crippen molar-refractivity contribution in [2.75, 3.05) is 139 Å². The zero-order valence-electron chi connectivity index (χ0n) is 32.0. The molecule has 0 amide bonds. The summed E-state index contributed by atoms with van der Waals surface area (Å²) in [5.74, 6) is 0.559. The molecule has 0 N–H and O–H groups in total. The minimum atomic E-state index is -0.449. The van der Waals surface area contributed by atoms with Crippen molar-refractivity contribution >= 4 is 5.69 Å². The van der Waals surface area contributed by atoms with Crippen LogP contribution in [0.4, 0.5) is 5.69 Å².